The van der Waals surface area contributed by atoms with Crippen molar-refractivity contribution in [1.82, 2.24) is 10.2 Å². The van der Waals surface area contributed by atoms with Crippen LogP contribution in [0, 0.1) is 23.2 Å². The molecule has 3 atom stereocenters. The summed E-state index contributed by atoms with van der Waals surface area (Å²) in [5, 5.41) is 13.0. The van der Waals surface area contributed by atoms with Crippen LogP contribution in [0.3, 0.4) is 0 Å². The van der Waals surface area contributed by atoms with Crippen LogP contribution in [0.15, 0.2) is 0 Å². The Hall–Kier alpha value is -0.590. The van der Waals surface area contributed by atoms with E-state index in [-0.39, 0.29) is 5.54 Å². The van der Waals surface area contributed by atoms with Gasteiger partial charge in [0.15, 0.2) is 0 Å². The predicted octanol–water partition coefficient (Wildman–Crippen LogP) is 2.78. The maximum absolute atomic E-state index is 9.56. The Morgan fingerprint density at radius 2 is 2.16 bits per heavy atom. The Labute approximate surface area is 118 Å². The number of hydrogen-bond donors (Lipinski definition) is 1. The minimum atomic E-state index is -0.238. The topological polar surface area (TPSA) is 39.1 Å². The maximum atomic E-state index is 9.56. The molecule has 108 valence electrons. The number of rotatable bonds is 7. The number of nitriles is 1. The van der Waals surface area contributed by atoms with E-state index in [9.17, 15) is 5.26 Å². The number of nitrogens with zero attached hydrogens (tertiary/aromatic N) is 2. The third-order valence-corrected chi connectivity index (χ3v) is 5.34. The molecule has 2 aliphatic carbocycles. The van der Waals surface area contributed by atoms with Crippen molar-refractivity contribution >= 4 is 0 Å². The lowest BCUT2D eigenvalue weighted by Gasteiger charge is -2.32. The van der Waals surface area contributed by atoms with E-state index in [0.29, 0.717) is 5.92 Å². The lowest BCUT2D eigenvalue weighted by molar-refractivity contribution is 0.200. The fraction of sp³-hybridized carbons (Fsp3) is 0.938. The lowest BCUT2D eigenvalue weighted by atomic mass is 9.85. The van der Waals surface area contributed by atoms with Gasteiger partial charge in [0.05, 0.1) is 6.07 Å². The maximum Gasteiger partial charge on any atom is 0.109 e. The molecule has 0 aromatic carbocycles. The highest BCUT2D eigenvalue weighted by Gasteiger charge is 2.42. The van der Waals surface area contributed by atoms with Gasteiger partial charge in [-0.25, -0.2) is 0 Å². The fourth-order valence-electron chi connectivity index (χ4n) is 3.71. The standard InChI is InChI=1S/C16H29N3/c1-4-18-16(12-17)10-5-6-15(16)9-11-19(3)13(2)14-7-8-14/h13-15,18H,4-11H2,1-3H3. The van der Waals surface area contributed by atoms with Crippen LogP contribution in [-0.4, -0.2) is 36.6 Å². The van der Waals surface area contributed by atoms with E-state index in [1.807, 2.05) is 0 Å². The monoisotopic (exact) mass is 263 g/mol. The molecule has 3 nitrogen and oxygen atoms in total. The van der Waals surface area contributed by atoms with Gasteiger partial charge in [0.25, 0.3) is 0 Å². The molecule has 3 heteroatoms. The van der Waals surface area contributed by atoms with Crippen LogP contribution < -0.4 is 5.32 Å². The molecule has 2 rings (SSSR count). The van der Waals surface area contributed by atoms with E-state index in [1.165, 1.54) is 25.7 Å². The van der Waals surface area contributed by atoms with Gasteiger partial charge in [0.1, 0.15) is 5.54 Å². The second-order valence-corrected chi connectivity index (χ2v) is 6.55. The average molecular weight is 263 g/mol. The van der Waals surface area contributed by atoms with Crippen LogP contribution in [0.5, 0.6) is 0 Å². The lowest BCUT2D eigenvalue weighted by Crippen LogP contribution is -2.48. The molecule has 0 aromatic rings. The van der Waals surface area contributed by atoms with Gasteiger partial charge >= 0.3 is 0 Å². The van der Waals surface area contributed by atoms with Gasteiger partial charge in [-0.15, -0.1) is 0 Å². The highest BCUT2D eigenvalue weighted by atomic mass is 15.1. The van der Waals surface area contributed by atoms with E-state index in [0.717, 1.165) is 37.9 Å². The molecule has 0 aromatic heterocycles. The van der Waals surface area contributed by atoms with E-state index < -0.39 is 0 Å². The molecule has 0 saturated heterocycles. The quantitative estimate of drug-likeness (QED) is 0.767. The van der Waals surface area contributed by atoms with Crippen LogP contribution >= 0.6 is 0 Å². The second kappa shape index (κ2) is 6.24. The van der Waals surface area contributed by atoms with Crippen molar-refractivity contribution in [3.8, 4) is 6.07 Å². The zero-order chi connectivity index (χ0) is 13.9. The zero-order valence-electron chi connectivity index (χ0n) is 12.8. The van der Waals surface area contributed by atoms with Gasteiger partial charge in [-0.3, -0.25) is 5.32 Å². The first-order valence-electron chi connectivity index (χ1n) is 7.99. The third kappa shape index (κ3) is 3.30. The summed E-state index contributed by atoms with van der Waals surface area (Å²) in [6.45, 7) is 6.50. The Morgan fingerprint density at radius 1 is 1.42 bits per heavy atom. The summed E-state index contributed by atoms with van der Waals surface area (Å²) in [6.07, 6.45) is 7.43. The van der Waals surface area contributed by atoms with Crippen molar-refractivity contribution in [1.29, 1.82) is 5.26 Å². The van der Waals surface area contributed by atoms with Crippen molar-refractivity contribution in [3.63, 3.8) is 0 Å². The third-order valence-electron chi connectivity index (χ3n) is 5.34. The number of hydrogen-bond acceptors (Lipinski definition) is 3. The summed E-state index contributed by atoms with van der Waals surface area (Å²) < 4.78 is 0. The summed E-state index contributed by atoms with van der Waals surface area (Å²) in [5.74, 6) is 1.47. The first-order valence-corrected chi connectivity index (χ1v) is 7.99. The minimum absolute atomic E-state index is 0.238. The molecule has 19 heavy (non-hydrogen) atoms. The van der Waals surface area contributed by atoms with E-state index in [2.05, 4.69) is 37.2 Å². The van der Waals surface area contributed by atoms with Gasteiger partial charge in [-0.05, 0) is 71.0 Å². The van der Waals surface area contributed by atoms with Crippen molar-refractivity contribution in [3.05, 3.63) is 0 Å². The zero-order valence-corrected chi connectivity index (χ0v) is 12.8. The fourth-order valence-corrected chi connectivity index (χ4v) is 3.71. The van der Waals surface area contributed by atoms with Crippen molar-refractivity contribution in [2.75, 3.05) is 20.1 Å². The smallest absolute Gasteiger partial charge is 0.109 e. The van der Waals surface area contributed by atoms with Crippen molar-refractivity contribution in [2.24, 2.45) is 11.8 Å². The van der Waals surface area contributed by atoms with Gasteiger partial charge in [-0.1, -0.05) is 13.3 Å². The molecule has 0 spiro atoms. The van der Waals surface area contributed by atoms with Gasteiger partial charge < -0.3 is 4.90 Å². The van der Waals surface area contributed by atoms with E-state index >= 15 is 0 Å². The van der Waals surface area contributed by atoms with E-state index in [1.54, 1.807) is 0 Å². The highest BCUT2D eigenvalue weighted by Crippen LogP contribution is 2.38. The summed E-state index contributed by atoms with van der Waals surface area (Å²) >= 11 is 0. The first kappa shape index (κ1) is 14.8. The number of nitrogens with one attached hydrogen (secondary N) is 1. The van der Waals surface area contributed by atoms with Gasteiger partial charge in [0, 0.05) is 6.04 Å². The summed E-state index contributed by atoms with van der Waals surface area (Å²) in [4.78, 5) is 2.50. The molecule has 0 bridgehead atoms. The summed E-state index contributed by atoms with van der Waals surface area (Å²) in [6, 6.07) is 3.31. The SMILES string of the molecule is CCNC1(C#N)CCCC1CCN(C)C(C)C1CC1. The molecular weight excluding hydrogens is 234 g/mol. The van der Waals surface area contributed by atoms with Crippen LogP contribution in [-0.2, 0) is 0 Å². The average Bonchev–Trinajstić information content (AvgIpc) is 3.18. The Kier molecular flexibility index (Phi) is 4.86. The van der Waals surface area contributed by atoms with Crippen LogP contribution in [0.2, 0.25) is 0 Å². The first-order chi connectivity index (χ1) is 9.13. The summed E-state index contributed by atoms with van der Waals surface area (Å²) in [5.41, 5.74) is -0.238. The Bertz CT molecular complexity index is 331. The normalized spacial score (nSPS) is 32.5. The highest BCUT2D eigenvalue weighted by molar-refractivity contribution is 5.14. The minimum Gasteiger partial charge on any atom is -0.303 e. The molecule has 3 unspecified atom stereocenters. The van der Waals surface area contributed by atoms with Crippen molar-refractivity contribution < 1.29 is 0 Å². The van der Waals surface area contributed by atoms with Crippen LogP contribution in [0.4, 0.5) is 0 Å². The Morgan fingerprint density at radius 3 is 2.74 bits per heavy atom. The molecule has 0 aliphatic heterocycles. The molecule has 0 heterocycles. The van der Waals surface area contributed by atoms with Crippen LogP contribution in [0.1, 0.15) is 52.4 Å². The van der Waals surface area contributed by atoms with Gasteiger partial charge in [-0.2, -0.15) is 5.26 Å². The Balaban J connectivity index is 1.85. The van der Waals surface area contributed by atoms with E-state index in [4.69, 9.17) is 0 Å². The molecule has 2 aliphatic rings. The largest absolute Gasteiger partial charge is 0.303 e. The molecule has 0 amide bonds. The predicted molar refractivity (Wildman–Crippen MR) is 78.8 cm³/mol. The summed E-state index contributed by atoms with van der Waals surface area (Å²) in [7, 11) is 2.25. The second-order valence-electron chi connectivity index (χ2n) is 6.55. The molecule has 1 N–H and O–H groups in total. The molecule has 2 fully saturated rings. The van der Waals surface area contributed by atoms with Crippen molar-refractivity contribution in [2.45, 2.75) is 64.0 Å². The van der Waals surface area contributed by atoms with Crippen LogP contribution in [0.25, 0.3) is 0 Å². The van der Waals surface area contributed by atoms with Gasteiger partial charge in [0.2, 0.25) is 0 Å². The molecule has 2 saturated carbocycles. The molecule has 0 radical (unpaired) electrons. The molecular formula is C16H29N3.